The molecule has 1 aliphatic heterocycles. The van der Waals surface area contributed by atoms with Crippen LogP contribution in [-0.2, 0) is 16.6 Å². The molecule has 6 nitrogen and oxygen atoms in total. The summed E-state index contributed by atoms with van der Waals surface area (Å²) in [6.45, 7) is 2.73. The van der Waals surface area contributed by atoms with Gasteiger partial charge in [0.1, 0.15) is 6.07 Å². The van der Waals surface area contributed by atoms with Crippen LogP contribution in [0.3, 0.4) is 0 Å². The molecule has 0 N–H and O–H groups in total. The summed E-state index contributed by atoms with van der Waals surface area (Å²) < 4.78 is 27.4. The Kier molecular flexibility index (Phi) is 6.34. The Balaban J connectivity index is 1.40. The number of piperazine rings is 1. The van der Waals surface area contributed by atoms with E-state index >= 15 is 0 Å². The number of hydrogen-bond acceptors (Lipinski definition) is 5. The minimum Gasteiger partial charge on any atom is -0.296 e. The summed E-state index contributed by atoms with van der Waals surface area (Å²) in [5, 5.41) is 18.6. The molecule has 1 saturated heterocycles. The molecule has 0 aliphatic carbocycles. The van der Waals surface area contributed by atoms with Gasteiger partial charge in [0.05, 0.1) is 22.1 Å². The molecule has 0 spiro atoms. The van der Waals surface area contributed by atoms with Crippen LogP contribution < -0.4 is 0 Å². The quantitative estimate of drug-likeness (QED) is 0.602. The molecule has 3 aromatic rings. The Bertz CT molecular complexity index is 1300. The molecule has 1 fully saturated rings. The molecular formula is C25H22N4O2S. The summed E-state index contributed by atoms with van der Waals surface area (Å²) >= 11 is 0. The van der Waals surface area contributed by atoms with Gasteiger partial charge in [-0.05, 0) is 34.9 Å². The molecule has 1 heterocycles. The molecule has 0 atom stereocenters. The van der Waals surface area contributed by atoms with Gasteiger partial charge in [-0.25, -0.2) is 8.42 Å². The fraction of sp³-hybridized carbons (Fsp3) is 0.200. The minimum atomic E-state index is -3.69. The standard InChI is InChI=1S/C25H22N4O2S/c26-17-22-5-1-3-7-24(22)21-11-9-20(10-12-21)19-28-13-15-29(16-14-28)32(30,31)25-8-4-2-6-23(25)18-27/h1-12H,13-16,19H2. The van der Waals surface area contributed by atoms with E-state index in [4.69, 9.17) is 0 Å². The highest BCUT2D eigenvalue weighted by atomic mass is 32.2. The molecule has 4 rings (SSSR count). The van der Waals surface area contributed by atoms with Gasteiger partial charge in [0.15, 0.2) is 0 Å². The first-order valence-electron chi connectivity index (χ1n) is 10.3. The predicted octanol–water partition coefficient (Wildman–Crippen LogP) is 3.60. The van der Waals surface area contributed by atoms with E-state index in [9.17, 15) is 18.9 Å². The summed E-state index contributed by atoms with van der Waals surface area (Å²) in [6, 6.07) is 26.2. The van der Waals surface area contributed by atoms with Crippen molar-refractivity contribution in [3.8, 4) is 23.3 Å². The maximum atomic E-state index is 13.0. The SMILES string of the molecule is N#Cc1ccccc1-c1ccc(CN2CCN(S(=O)(=O)c3ccccc3C#N)CC2)cc1. The predicted molar refractivity (Wildman–Crippen MR) is 122 cm³/mol. The van der Waals surface area contributed by atoms with Gasteiger partial charge in [0.25, 0.3) is 0 Å². The second-order valence-electron chi connectivity index (χ2n) is 7.64. The Morgan fingerprint density at radius 1 is 0.750 bits per heavy atom. The van der Waals surface area contributed by atoms with Gasteiger partial charge in [0.2, 0.25) is 10.0 Å². The fourth-order valence-corrected chi connectivity index (χ4v) is 5.50. The summed E-state index contributed by atoms with van der Waals surface area (Å²) in [5.41, 5.74) is 3.87. The van der Waals surface area contributed by atoms with E-state index in [0.717, 1.165) is 23.2 Å². The zero-order chi connectivity index (χ0) is 22.6. The van der Waals surface area contributed by atoms with E-state index in [-0.39, 0.29) is 10.5 Å². The molecule has 32 heavy (non-hydrogen) atoms. The maximum Gasteiger partial charge on any atom is 0.244 e. The van der Waals surface area contributed by atoms with E-state index in [1.165, 1.54) is 16.4 Å². The first kappa shape index (κ1) is 21.7. The number of hydrogen-bond donors (Lipinski definition) is 0. The Labute approximate surface area is 188 Å². The van der Waals surface area contributed by atoms with Crippen LogP contribution in [0.15, 0.2) is 77.7 Å². The van der Waals surface area contributed by atoms with Crippen molar-refractivity contribution in [3.05, 3.63) is 89.5 Å². The lowest BCUT2D eigenvalue weighted by Crippen LogP contribution is -2.48. The fourth-order valence-electron chi connectivity index (χ4n) is 3.93. The first-order valence-corrected chi connectivity index (χ1v) is 11.8. The molecule has 0 radical (unpaired) electrons. The third-order valence-corrected chi connectivity index (χ3v) is 7.63. The number of nitriles is 2. The van der Waals surface area contributed by atoms with Crippen LogP contribution in [0.25, 0.3) is 11.1 Å². The summed E-state index contributed by atoms with van der Waals surface area (Å²) in [4.78, 5) is 2.30. The zero-order valence-electron chi connectivity index (χ0n) is 17.5. The van der Waals surface area contributed by atoms with Crippen molar-refractivity contribution in [2.24, 2.45) is 0 Å². The Morgan fingerprint density at radius 2 is 1.34 bits per heavy atom. The summed E-state index contributed by atoms with van der Waals surface area (Å²) in [7, 11) is -3.69. The second kappa shape index (κ2) is 9.33. The zero-order valence-corrected chi connectivity index (χ0v) is 18.3. The molecule has 0 unspecified atom stereocenters. The molecule has 0 aromatic heterocycles. The van der Waals surface area contributed by atoms with Crippen molar-refractivity contribution in [2.75, 3.05) is 26.2 Å². The van der Waals surface area contributed by atoms with Crippen molar-refractivity contribution in [1.29, 1.82) is 10.5 Å². The van der Waals surface area contributed by atoms with Crippen LogP contribution in [0.2, 0.25) is 0 Å². The monoisotopic (exact) mass is 442 g/mol. The number of rotatable bonds is 5. The topological polar surface area (TPSA) is 88.2 Å². The van der Waals surface area contributed by atoms with Crippen molar-refractivity contribution in [3.63, 3.8) is 0 Å². The van der Waals surface area contributed by atoms with Crippen molar-refractivity contribution in [2.45, 2.75) is 11.4 Å². The Morgan fingerprint density at radius 3 is 2.00 bits per heavy atom. The van der Waals surface area contributed by atoms with Gasteiger partial charge in [-0.1, -0.05) is 54.6 Å². The highest BCUT2D eigenvalue weighted by Crippen LogP contribution is 2.25. The maximum absolute atomic E-state index is 13.0. The Hall–Kier alpha value is -3.49. The van der Waals surface area contributed by atoms with Gasteiger partial charge in [-0.3, -0.25) is 4.90 Å². The van der Waals surface area contributed by atoms with Crippen LogP contribution >= 0.6 is 0 Å². The van der Waals surface area contributed by atoms with Gasteiger partial charge in [-0.2, -0.15) is 14.8 Å². The minimum absolute atomic E-state index is 0.0733. The van der Waals surface area contributed by atoms with E-state index in [2.05, 4.69) is 23.1 Å². The molecule has 0 saturated carbocycles. The van der Waals surface area contributed by atoms with E-state index in [1.54, 1.807) is 12.1 Å². The second-order valence-corrected chi connectivity index (χ2v) is 9.55. The molecule has 160 valence electrons. The van der Waals surface area contributed by atoms with Crippen LogP contribution in [0.4, 0.5) is 0 Å². The van der Waals surface area contributed by atoms with Gasteiger partial charge >= 0.3 is 0 Å². The first-order chi connectivity index (χ1) is 15.5. The van der Waals surface area contributed by atoms with Crippen molar-refractivity contribution >= 4 is 10.0 Å². The van der Waals surface area contributed by atoms with E-state index in [1.807, 2.05) is 42.5 Å². The van der Waals surface area contributed by atoms with Crippen LogP contribution in [0.5, 0.6) is 0 Å². The number of nitrogens with zero attached hydrogens (tertiary/aromatic N) is 4. The summed E-state index contributed by atoms with van der Waals surface area (Å²) in [6.07, 6.45) is 0. The number of sulfonamides is 1. The summed E-state index contributed by atoms with van der Waals surface area (Å²) in [5.74, 6) is 0. The lowest BCUT2D eigenvalue weighted by atomic mass is 9.99. The lowest BCUT2D eigenvalue weighted by Gasteiger charge is -2.34. The molecule has 0 bridgehead atoms. The lowest BCUT2D eigenvalue weighted by molar-refractivity contribution is 0.181. The smallest absolute Gasteiger partial charge is 0.244 e. The van der Waals surface area contributed by atoms with E-state index in [0.29, 0.717) is 31.7 Å². The molecule has 1 aliphatic rings. The van der Waals surface area contributed by atoms with Gasteiger partial charge in [-0.15, -0.1) is 0 Å². The third-order valence-electron chi connectivity index (χ3n) is 5.68. The molecule has 3 aromatic carbocycles. The van der Waals surface area contributed by atoms with Crippen molar-refractivity contribution < 1.29 is 8.42 Å². The third kappa shape index (κ3) is 4.42. The largest absolute Gasteiger partial charge is 0.296 e. The van der Waals surface area contributed by atoms with Crippen LogP contribution in [0.1, 0.15) is 16.7 Å². The molecule has 0 amide bonds. The average molecular weight is 443 g/mol. The molecule has 7 heteroatoms. The molecular weight excluding hydrogens is 420 g/mol. The average Bonchev–Trinajstić information content (AvgIpc) is 2.85. The van der Waals surface area contributed by atoms with Gasteiger partial charge < -0.3 is 0 Å². The highest BCUT2D eigenvalue weighted by Gasteiger charge is 2.30. The van der Waals surface area contributed by atoms with Gasteiger partial charge in [0, 0.05) is 32.7 Å². The highest BCUT2D eigenvalue weighted by molar-refractivity contribution is 7.89. The van der Waals surface area contributed by atoms with E-state index < -0.39 is 10.0 Å². The van der Waals surface area contributed by atoms with Crippen LogP contribution in [0, 0.1) is 22.7 Å². The normalized spacial score (nSPS) is 15.1. The number of benzene rings is 3. The van der Waals surface area contributed by atoms with Crippen LogP contribution in [-0.4, -0.2) is 43.8 Å². The van der Waals surface area contributed by atoms with Crippen molar-refractivity contribution in [1.82, 2.24) is 9.21 Å².